The molecule has 0 aliphatic carbocycles. The number of rotatable bonds is 4. The van der Waals surface area contributed by atoms with E-state index in [0.717, 1.165) is 39.1 Å². The lowest BCUT2D eigenvalue weighted by Gasteiger charge is -2.47. The van der Waals surface area contributed by atoms with Gasteiger partial charge in [-0.1, -0.05) is 0 Å². The zero-order valence-corrected chi connectivity index (χ0v) is 13.6. The molecule has 0 N–H and O–H groups in total. The third kappa shape index (κ3) is 2.78. The van der Waals surface area contributed by atoms with E-state index < -0.39 is 0 Å². The lowest BCUT2D eigenvalue weighted by atomic mass is 9.77. The maximum absolute atomic E-state index is 6.03. The van der Waals surface area contributed by atoms with Gasteiger partial charge < -0.3 is 4.74 Å². The van der Waals surface area contributed by atoms with Crippen LogP contribution >= 0.6 is 11.3 Å². The number of hydrogen-bond donors (Lipinski definition) is 0. The van der Waals surface area contributed by atoms with Crippen molar-refractivity contribution in [3.8, 4) is 0 Å². The van der Waals surface area contributed by atoms with E-state index in [1.54, 1.807) is 17.7 Å². The average Bonchev–Trinajstić information content (AvgIpc) is 3.07. The summed E-state index contributed by atoms with van der Waals surface area (Å²) in [5.74, 6) is 0. The molecule has 4 heterocycles. The fourth-order valence-electron chi connectivity index (χ4n) is 3.64. The zero-order chi connectivity index (χ0) is 15.0. The van der Waals surface area contributed by atoms with Crippen LogP contribution in [0.4, 0.5) is 0 Å². The van der Waals surface area contributed by atoms with E-state index in [2.05, 4.69) is 26.8 Å². The normalized spacial score (nSPS) is 23.8. The van der Waals surface area contributed by atoms with Crippen molar-refractivity contribution in [3.05, 3.63) is 40.4 Å². The summed E-state index contributed by atoms with van der Waals surface area (Å²) in [6, 6.07) is 0. The Bertz CT molecular complexity index is 639. The molecular weight excluding hydrogens is 296 g/mol. The number of hydrogen-bond acceptors (Lipinski definition) is 6. The molecule has 116 valence electrons. The molecule has 4 rings (SSSR count). The molecule has 6 heteroatoms. The van der Waals surface area contributed by atoms with E-state index in [1.807, 2.05) is 17.9 Å². The molecule has 0 bridgehead atoms. The van der Waals surface area contributed by atoms with Crippen molar-refractivity contribution in [2.45, 2.75) is 32.4 Å². The Morgan fingerprint density at radius 3 is 2.91 bits per heavy atom. The van der Waals surface area contributed by atoms with E-state index in [1.165, 1.54) is 16.1 Å². The van der Waals surface area contributed by atoms with Gasteiger partial charge in [0.05, 0.1) is 23.9 Å². The molecule has 2 saturated heterocycles. The first-order valence-electron chi connectivity index (χ1n) is 7.69. The van der Waals surface area contributed by atoms with Crippen LogP contribution in [0.25, 0.3) is 0 Å². The number of likely N-dealkylation sites (tertiary alicyclic amines) is 1. The Hall–Kier alpha value is -1.37. The first-order valence-corrected chi connectivity index (χ1v) is 8.57. The standard InChI is InChI=1S/C16H20N4OS/c1-12-15(22-11-19-12)6-20-7-16(8-20)3-14(21-9-16)2-13-4-17-10-18-5-13/h4-5,10-11,14H,2-3,6-9H2,1H3. The molecule has 2 aromatic heterocycles. The first-order chi connectivity index (χ1) is 10.7. The molecule has 22 heavy (non-hydrogen) atoms. The Morgan fingerprint density at radius 2 is 2.18 bits per heavy atom. The molecule has 2 fully saturated rings. The monoisotopic (exact) mass is 316 g/mol. The Kier molecular flexibility index (Phi) is 3.68. The molecule has 0 aromatic carbocycles. The van der Waals surface area contributed by atoms with Gasteiger partial charge in [0.2, 0.25) is 0 Å². The SMILES string of the molecule is Cc1ncsc1CN1CC2(COC(Cc3cncnc3)C2)C1. The predicted octanol–water partition coefficient (Wildman–Crippen LogP) is 2.08. The van der Waals surface area contributed by atoms with E-state index in [0.29, 0.717) is 11.5 Å². The summed E-state index contributed by atoms with van der Waals surface area (Å²) in [4.78, 5) is 16.4. The smallest absolute Gasteiger partial charge is 0.115 e. The molecule has 0 radical (unpaired) electrons. The molecule has 1 spiro atoms. The molecule has 1 unspecified atom stereocenters. The van der Waals surface area contributed by atoms with Crippen molar-refractivity contribution in [3.63, 3.8) is 0 Å². The van der Waals surface area contributed by atoms with Gasteiger partial charge in [-0.3, -0.25) is 4.90 Å². The summed E-state index contributed by atoms with van der Waals surface area (Å²) in [5.41, 5.74) is 4.66. The first kappa shape index (κ1) is 14.2. The summed E-state index contributed by atoms with van der Waals surface area (Å²) < 4.78 is 6.03. The number of nitrogens with zero attached hydrogens (tertiary/aromatic N) is 4. The van der Waals surface area contributed by atoms with Crippen LogP contribution in [0.2, 0.25) is 0 Å². The highest BCUT2D eigenvalue weighted by Gasteiger charge is 2.48. The number of aryl methyl sites for hydroxylation is 1. The van der Waals surface area contributed by atoms with Gasteiger partial charge in [-0.15, -0.1) is 11.3 Å². The Labute approximate surface area is 134 Å². The predicted molar refractivity (Wildman–Crippen MR) is 84.7 cm³/mol. The quantitative estimate of drug-likeness (QED) is 0.864. The zero-order valence-electron chi connectivity index (χ0n) is 12.7. The van der Waals surface area contributed by atoms with Crippen molar-refractivity contribution in [2.24, 2.45) is 5.41 Å². The largest absolute Gasteiger partial charge is 0.377 e. The second-order valence-electron chi connectivity index (χ2n) is 6.59. The summed E-state index contributed by atoms with van der Waals surface area (Å²) in [6.45, 7) is 6.31. The van der Waals surface area contributed by atoms with Gasteiger partial charge >= 0.3 is 0 Å². The highest BCUT2D eigenvalue weighted by atomic mass is 32.1. The fourth-order valence-corrected chi connectivity index (χ4v) is 4.46. The van der Waals surface area contributed by atoms with Gasteiger partial charge in [0.25, 0.3) is 0 Å². The molecular formula is C16H20N4OS. The van der Waals surface area contributed by atoms with Crippen LogP contribution < -0.4 is 0 Å². The highest BCUT2D eigenvalue weighted by Crippen LogP contribution is 2.42. The van der Waals surface area contributed by atoms with Crippen LogP contribution in [0.15, 0.2) is 24.2 Å². The van der Waals surface area contributed by atoms with Crippen molar-refractivity contribution < 1.29 is 4.74 Å². The van der Waals surface area contributed by atoms with Crippen LogP contribution in [0.5, 0.6) is 0 Å². The lowest BCUT2D eigenvalue weighted by molar-refractivity contribution is -0.0136. The molecule has 2 aromatic rings. The van der Waals surface area contributed by atoms with Crippen LogP contribution in [-0.4, -0.2) is 45.7 Å². The van der Waals surface area contributed by atoms with E-state index >= 15 is 0 Å². The lowest BCUT2D eigenvalue weighted by Crippen LogP contribution is -2.56. The van der Waals surface area contributed by atoms with Crippen LogP contribution in [0.3, 0.4) is 0 Å². The summed E-state index contributed by atoms with van der Waals surface area (Å²) in [7, 11) is 0. The topological polar surface area (TPSA) is 51.1 Å². The molecule has 0 amide bonds. The van der Waals surface area contributed by atoms with Crippen molar-refractivity contribution in [1.29, 1.82) is 0 Å². The molecule has 0 saturated carbocycles. The van der Waals surface area contributed by atoms with Gasteiger partial charge in [-0.05, 0) is 18.9 Å². The van der Waals surface area contributed by atoms with Gasteiger partial charge in [0.15, 0.2) is 0 Å². The molecule has 2 aliphatic rings. The molecule has 1 atom stereocenters. The van der Waals surface area contributed by atoms with E-state index in [4.69, 9.17) is 4.74 Å². The maximum atomic E-state index is 6.03. The van der Waals surface area contributed by atoms with Gasteiger partial charge in [0, 0.05) is 48.7 Å². The van der Waals surface area contributed by atoms with E-state index in [9.17, 15) is 0 Å². The molecule has 5 nitrogen and oxygen atoms in total. The van der Waals surface area contributed by atoms with Gasteiger partial charge in [-0.25, -0.2) is 15.0 Å². The third-order valence-electron chi connectivity index (χ3n) is 4.69. The van der Waals surface area contributed by atoms with Gasteiger partial charge in [-0.2, -0.15) is 0 Å². The molecule has 2 aliphatic heterocycles. The Morgan fingerprint density at radius 1 is 1.36 bits per heavy atom. The summed E-state index contributed by atoms with van der Waals surface area (Å²) in [5, 5.41) is 0. The van der Waals surface area contributed by atoms with Crippen LogP contribution in [0.1, 0.15) is 22.6 Å². The minimum absolute atomic E-state index is 0.318. The summed E-state index contributed by atoms with van der Waals surface area (Å²) in [6.07, 6.45) is 7.75. The Balaban J connectivity index is 1.30. The van der Waals surface area contributed by atoms with Crippen LogP contribution in [0, 0.1) is 12.3 Å². The number of aromatic nitrogens is 3. The fraction of sp³-hybridized carbons (Fsp3) is 0.562. The average molecular weight is 316 g/mol. The van der Waals surface area contributed by atoms with E-state index in [-0.39, 0.29) is 0 Å². The maximum Gasteiger partial charge on any atom is 0.115 e. The van der Waals surface area contributed by atoms with Gasteiger partial charge in [0.1, 0.15) is 6.33 Å². The van der Waals surface area contributed by atoms with Crippen molar-refractivity contribution in [2.75, 3.05) is 19.7 Å². The number of thiazole rings is 1. The second kappa shape index (κ2) is 5.68. The van der Waals surface area contributed by atoms with Crippen molar-refractivity contribution >= 4 is 11.3 Å². The van der Waals surface area contributed by atoms with Crippen molar-refractivity contribution in [1.82, 2.24) is 19.9 Å². The third-order valence-corrected chi connectivity index (χ3v) is 5.61. The minimum atomic E-state index is 0.318. The summed E-state index contributed by atoms with van der Waals surface area (Å²) >= 11 is 1.76. The second-order valence-corrected chi connectivity index (χ2v) is 7.53. The number of ether oxygens (including phenoxy) is 1. The van der Waals surface area contributed by atoms with Crippen LogP contribution in [-0.2, 0) is 17.7 Å². The minimum Gasteiger partial charge on any atom is -0.377 e. The highest BCUT2D eigenvalue weighted by molar-refractivity contribution is 7.09.